The number of rotatable bonds is 2. The van der Waals surface area contributed by atoms with Crippen molar-refractivity contribution in [2.75, 3.05) is 33.3 Å². The van der Waals surface area contributed by atoms with Gasteiger partial charge >= 0.3 is 0 Å². The average molecular weight is 326 g/mol. The summed E-state index contributed by atoms with van der Waals surface area (Å²) in [6.07, 6.45) is 3.76. The number of carbonyl (C=O) groups excluding carboxylic acids is 1. The fourth-order valence-corrected chi connectivity index (χ4v) is 3.64. The van der Waals surface area contributed by atoms with Gasteiger partial charge in [0.15, 0.2) is 0 Å². The number of likely N-dealkylation sites (N-methyl/N-ethyl adjacent to an activating group) is 1. The lowest BCUT2D eigenvalue weighted by atomic mass is 9.99. The monoisotopic (exact) mass is 326 g/mol. The number of amides is 1. The van der Waals surface area contributed by atoms with Gasteiger partial charge < -0.3 is 14.2 Å². The van der Waals surface area contributed by atoms with Crippen LogP contribution in [-0.4, -0.2) is 58.5 Å². The Hall–Kier alpha value is -2.34. The summed E-state index contributed by atoms with van der Waals surface area (Å²) in [5.41, 5.74) is 1.01. The molecule has 0 spiro atoms. The Bertz CT molecular complexity index is 757. The van der Waals surface area contributed by atoms with Gasteiger partial charge in [-0.1, -0.05) is 18.2 Å². The summed E-state index contributed by atoms with van der Waals surface area (Å²) in [4.78, 5) is 21.8. The number of fused-ring (bicyclic) bond motifs is 1. The molecule has 2 aromatic rings. The third-order valence-electron chi connectivity index (χ3n) is 5.11. The first-order valence-corrected chi connectivity index (χ1v) is 8.33. The van der Waals surface area contributed by atoms with Crippen LogP contribution in [0.3, 0.4) is 0 Å². The van der Waals surface area contributed by atoms with Crippen LogP contribution in [0, 0.1) is 0 Å². The molecule has 2 aliphatic heterocycles. The summed E-state index contributed by atoms with van der Waals surface area (Å²) in [7, 11) is 4.09. The van der Waals surface area contributed by atoms with Gasteiger partial charge in [-0.2, -0.15) is 0 Å². The maximum atomic E-state index is 13.1. The Morgan fingerprint density at radius 1 is 1.25 bits per heavy atom. The molecule has 0 N–H and O–H groups in total. The molecule has 0 unspecified atom stereocenters. The minimum absolute atomic E-state index is 0.125. The minimum Gasteiger partial charge on any atom is -0.492 e. The molecular formula is C18H22N4O2. The lowest BCUT2D eigenvalue weighted by Gasteiger charge is -2.39. The summed E-state index contributed by atoms with van der Waals surface area (Å²) in [6, 6.07) is 7.97. The van der Waals surface area contributed by atoms with E-state index in [1.54, 1.807) is 0 Å². The van der Waals surface area contributed by atoms with Crippen molar-refractivity contribution in [3.05, 3.63) is 48.0 Å². The van der Waals surface area contributed by atoms with Gasteiger partial charge in [-0.3, -0.25) is 9.69 Å². The lowest BCUT2D eigenvalue weighted by Crippen LogP contribution is -2.51. The highest BCUT2D eigenvalue weighted by molar-refractivity contribution is 5.85. The number of hydrogen-bond acceptors (Lipinski definition) is 4. The van der Waals surface area contributed by atoms with Crippen molar-refractivity contribution in [2.24, 2.45) is 7.05 Å². The van der Waals surface area contributed by atoms with Crippen LogP contribution in [0.1, 0.15) is 23.3 Å². The third kappa shape index (κ3) is 2.47. The van der Waals surface area contributed by atoms with E-state index in [4.69, 9.17) is 4.74 Å². The van der Waals surface area contributed by atoms with Crippen LogP contribution in [0.5, 0.6) is 5.75 Å². The normalized spacial score (nSPS) is 23.8. The number of aryl methyl sites for hydroxylation is 1. The molecule has 4 rings (SSSR count). The maximum Gasteiger partial charge on any atom is 0.233 e. The predicted molar refractivity (Wildman–Crippen MR) is 89.8 cm³/mol. The molecule has 126 valence electrons. The first-order chi connectivity index (χ1) is 11.6. The zero-order chi connectivity index (χ0) is 16.7. The maximum absolute atomic E-state index is 13.1. The molecule has 2 atom stereocenters. The summed E-state index contributed by atoms with van der Waals surface area (Å²) >= 11 is 0. The van der Waals surface area contributed by atoms with E-state index in [0.717, 1.165) is 30.2 Å². The number of para-hydroxylation sites is 1. The summed E-state index contributed by atoms with van der Waals surface area (Å²) < 4.78 is 7.72. The second-order valence-electron chi connectivity index (χ2n) is 6.58. The lowest BCUT2D eigenvalue weighted by molar-refractivity contribution is -0.136. The fraction of sp³-hybridized carbons (Fsp3) is 0.444. The first kappa shape index (κ1) is 15.2. The van der Waals surface area contributed by atoms with Crippen LogP contribution >= 0.6 is 0 Å². The van der Waals surface area contributed by atoms with E-state index in [9.17, 15) is 4.79 Å². The Kier molecular flexibility index (Phi) is 3.76. The molecule has 0 radical (unpaired) electrons. The highest BCUT2D eigenvalue weighted by Crippen LogP contribution is 2.35. The van der Waals surface area contributed by atoms with Gasteiger partial charge in [0.25, 0.3) is 0 Å². The summed E-state index contributed by atoms with van der Waals surface area (Å²) in [5.74, 6) is 1.81. The molecular weight excluding hydrogens is 304 g/mol. The van der Waals surface area contributed by atoms with Crippen molar-refractivity contribution in [2.45, 2.75) is 12.0 Å². The van der Waals surface area contributed by atoms with Crippen molar-refractivity contribution in [3.63, 3.8) is 0 Å². The Balaban J connectivity index is 1.55. The van der Waals surface area contributed by atoms with Crippen LogP contribution in [0.2, 0.25) is 0 Å². The molecule has 1 aromatic carbocycles. The van der Waals surface area contributed by atoms with Crippen molar-refractivity contribution < 1.29 is 9.53 Å². The zero-order valence-corrected chi connectivity index (χ0v) is 14.1. The SMILES string of the molecule is CN1CCN(C(=O)[C@H]2COc3ccccc32)C[C@H]1c1nccn1C. The van der Waals surface area contributed by atoms with Crippen molar-refractivity contribution in [3.8, 4) is 5.75 Å². The van der Waals surface area contributed by atoms with Crippen molar-refractivity contribution in [1.29, 1.82) is 0 Å². The van der Waals surface area contributed by atoms with Gasteiger partial charge in [0.05, 0.1) is 6.04 Å². The number of ether oxygens (including phenoxy) is 1. The topological polar surface area (TPSA) is 50.6 Å². The van der Waals surface area contributed by atoms with Crippen molar-refractivity contribution >= 4 is 5.91 Å². The number of carbonyl (C=O) groups is 1. The predicted octanol–water partition coefficient (Wildman–Crippen LogP) is 1.41. The molecule has 1 aromatic heterocycles. The number of imidazole rings is 1. The third-order valence-corrected chi connectivity index (χ3v) is 5.11. The van der Waals surface area contributed by atoms with Gasteiger partial charge in [0.1, 0.15) is 24.1 Å². The smallest absolute Gasteiger partial charge is 0.233 e. The average Bonchev–Trinajstić information content (AvgIpc) is 3.21. The summed E-state index contributed by atoms with van der Waals surface area (Å²) in [5, 5.41) is 0. The second kappa shape index (κ2) is 5.94. The molecule has 0 bridgehead atoms. The molecule has 2 aliphatic rings. The molecule has 3 heterocycles. The van der Waals surface area contributed by atoms with E-state index in [1.807, 2.05) is 53.2 Å². The van der Waals surface area contributed by atoms with Crippen molar-refractivity contribution in [1.82, 2.24) is 19.4 Å². The van der Waals surface area contributed by atoms with Gasteiger partial charge in [0, 0.05) is 44.6 Å². The van der Waals surface area contributed by atoms with Gasteiger partial charge in [-0.05, 0) is 13.1 Å². The van der Waals surface area contributed by atoms with E-state index in [-0.39, 0.29) is 17.9 Å². The zero-order valence-electron chi connectivity index (χ0n) is 14.1. The Morgan fingerprint density at radius 2 is 2.08 bits per heavy atom. The van der Waals surface area contributed by atoms with Crippen LogP contribution in [0.25, 0.3) is 0 Å². The molecule has 1 fully saturated rings. The van der Waals surface area contributed by atoms with Gasteiger partial charge in [-0.15, -0.1) is 0 Å². The van der Waals surface area contributed by atoms with Crippen LogP contribution < -0.4 is 4.74 Å². The molecule has 1 saturated heterocycles. The molecule has 24 heavy (non-hydrogen) atoms. The molecule has 6 nitrogen and oxygen atoms in total. The van der Waals surface area contributed by atoms with Gasteiger partial charge in [0.2, 0.25) is 5.91 Å². The fourth-order valence-electron chi connectivity index (χ4n) is 3.64. The molecule has 6 heteroatoms. The minimum atomic E-state index is -0.188. The Morgan fingerprint density at radius 3 is 2.88 bits per heavy atom. The highest BCUT2D eigenvalue weighted by Gasteiger charge is 2.37. The highest BCUT2D eigenvalue weighted by atomic mass is 16.5. The van der Waals surface area contributed by atoms with Crippen LogP contribution in [0.4, 0.5) is 0 Å². The number of nitrogens with zero attached hydrogens (tertiary/aromatic N) is 4. The number of aromatic nitrogens is 2. The van der Waals surface area contributed by atoms with E-state index in [0.29, 0.717) is 13.2 Å². The van der Waals surface area contributed by atoms with Crippen LogP contribution in [0.15, 0.2) is 36.7 Å². The molecule has 0 saturated carbocycles. The van der Waals surface area contributed by atoms with Gasteiger partial charge in [-0.25, -0.2) is 4.98 Å². The van der Waals surface area contributed by atoms with E-state index in [1.165, 1.54) is 0 Å². The largest absolute Gasteiger partial charge is 0.492 e. The van der Waals surface area contributed by atoms with E-state index >= 15 is 0 Å². The summed E-state index contributed by atoms with van der Waals surface area (Å²) in [6.45, 7) is 2.70. The number of hydrogen-bond donors (Lipinski definition) is 0. The van der Waals surface area contributed by atoms with Crippen LogP contribution in [-0.2, 0) is 11.8 Å². The van der Waals surface area contributed by atoms with E-state index in [2.05, 4.69) is 16.9 Å². The molecule has 0 aliphatic carbocycles. The number of benzene rings is 1. The Labute approximate surface area is 141 Å². The standard InChI is InChI=1S/C18H22N4O2/c1-20-9-10-22(11-15(20)17-19-7-8-21(17)2)18(23)14-12-24-16-6-4-3-5-13(14)16/h3-8,14-15H,9-12H2,1-2H3/t14-,15-/m0/s1. The second-order valence-corrected chi connectivity index (χ2v) is 6.58. The molecule has 1 amide bonds. The van der Waals surface area contributed by atoms with E-state index < -0.39 is 0 Å². The quantitative estimate of drug-likeness (QED) is 0.837. The first-order valence-electron chi connectivity index (χ1n) is 8.33. The number of piperazine rings is 1.